The van der Waals surface area contributed by atoms with Crippen molar-refractivity contribution in [1.82, 2.24) is 4.98 Å². The Morgan fingerprint density at radius 1 is 1.16 bits per heavy atom. The van der Waals surface area contributed by atoms with E-state index in [2.05, 4.69) is 4.98 Å². The molecule has 2 aromatic rings. The van der Waals surface area contributed by atoms with E-state index in [0.717, 1.165) is 30.7 Å². The Kier molecular flexibility index (Phi) is 3.11. The minimum absolute atomic E-state index is 0.0633. The maximum Gasteiger partial charge on any atom is 0.135 e. The van der Waals surface area contributed by atoms with Gasteiger partial charge in [-0.15, -0.1) is 11.3 Å². The quantitative estimate of drug-likeness (QED) is 0.908. The largest absolute Gasteiger partial charge is 0.319 e. The molecule has 3 rings (SSSR count). The SMILES string of the molecule is NC1(c2nc(-c3c(F)cccc3F)cs2)CCCC1. The van der Waals surface area contributed by atoms with E-state index < -0.39 is 17.2 Å². The van der Waals surface area contributed by atoms with Gasteiger partial charge in [-0.05, 0) is 25.0 Å². The Labute approximate surface area is 114 Å². The smallest absolute Gasteiger partial charge is 0.135 e. The van der Waals surface area contributed by atoms with Gasteiger partial charge in [0.2, 0.25) is 0 Å². The molecule has 1 aromatic heterocycles. The average molecular weight is 280 g/mol. The van der Waals surface area contributed by atoms with Gasteiger partial charge in [-0.1, -0.05) is 18.9 Å². The van der Waals surface area contributed by atoms with Crippen molar-refractivity contribution in [2.24, 2.45) is 5.73 Å². The second-order valence-electron chi connectivity index (χ2n) is 5.00. The molecule has 0 bridgehead atoms. The molecule has 0 atom stereocenters. The topological polar surface area (TPSA) is 38.9 Å². The van der Waals surface area contributed by atoms with Crippen LogP contribution in [0, 0.1) is 11.6 Å². The Balaban J connectivity index is 2.02. The van der Waals surface area contributed by atoms with Gasteiger partial charge in [-0.3, -0.25) is 0 Å². The van der Waals surface area contributed by atoms with Crippen molar-refractivity contribution in [2.45, 2.75) is 31.2 Å². The molecule has 1 aromatic carbocycles. The minimum Gasteiger partial charge on any atom is -0.319 e. The number of hydrogen-bond donors (Lipinski definition) is 1. The maximum atomic E-state index is 13.7. The molecule has 1 aliphatic carbocycles. The number of nitrogens with zero attached hydrogens (tertiary/aromatic N) is 1. The van der Waals surface area contributed by atoms with Crippen LogP contribution in [0.2, 0.25) is 0 Å². The number of nitrogens with two attached hydrogens (primary N) is 1. The van der Waals surface area contributed by atoms with Crippen LogP contribution in [0.4, 0.5) is 8.78 Å². The lowest BCUT2D eigenvalue weighted by atomic mass is 10.0. The normalized spacial score (nSPS) is 17.8. The zero-order valence-electron chi connectivity index (χ0n) is 10.3. The summed E-state index contributed by atoms with van der Waals surface area (Å²) >= 11 is 1.39. The lowest BCUT2D eigenvalue weighted by Gasteiger charge is -2.19. The van der Waals surface area contributed by atoms with Crippen molar-refractivity contribution in [3.05, 3.63) is 40.2 Å². The third-order valence-corrected chi connectivity index (χ3v) is 4.71. The molecule has 0 unspecified atom stereocenters. The summed E-state index contributed by atoms with van der Waals surface area (Å²) in [4.78, 5) is 4.37. The molecule has 1 aliphatic rings. The highest BCUT2D eigenvalue weighted by Crippen LogP contribution is 2.39. The highest BCUT2D eigenvalue weighted by Gasteiger charge is 2.34. The van der Waals surface area contributed by atoms with Crippen LogP contribution >= 0.6 is 11.3 Å². The average Bonchev–Trinajstić information content (AvgIpc) is 2.99. The number of hydrogen-bond acceptors (Lipinski definition) is 3. The van der Waals surface area contributed by atoms with Crippen LogP contribution < -0.4 is 5.73 Å². The second-order valence-corrected chi connectivity index (χ2v) is 5.86. The Morgan fingerprint density at radius 2 is 1.79 bits per heavy atom. The molecule has 2 N–H and O–H groups in total. The van der Waals surface area contributed by atoms with Gasteiger partial charge in [0.05, 0.1) is 16.8 Å². The maximum absolute atomic E-state index is 13.7. The molecule has 0 saturated heterocycles. The van der Waals surface area contributed by atoms with E-state index in [1.807, 2.05) is 0 Å². The van der Waals surface area contributed by atoms with Crippen LogP contribution in [-0.2, 0) is 5.54 Å². The van der Waals surface area contributed by atoms with Crippen LogP contribution in [-0.4, -0.2) is 4.98 Å². The van der Waals surface area contributed by atoms with Gasteiger partial charge in [0.25, 0.3) is 0 Å². The summed E-state index contributed by atoms with van der Waals surface area (Å²) in [5, 5.41) is 2.46. The highest BCUT2D eigenvalue weighted by molar-refractivity contribution is 7.10. The molecule has 1 fully saturated rings. The summed E-state index contributed by atoms with van der Waals surface area (Å²) in [5.74, 6) is -1.18. The fourth-order valence-electron chi connectivity index (χ4n) is 2.58. The van der Waals surface area contributed by atoms with Gasteiger partial charge < -0.3 is 5.73 Å². The van der Waals surface area contributed by atoms with Crippen LogP contribution in [0.1, 0.15) is 30.7 Å². The monoisotopic (exact) mass is 280 g/mol. The van der Waals surface area contributed by atoms with Gasteiger partial charge in [-0.25, -0.2) is 13.8 Å². The standard InChI is InChI=1S/C14H14F2N2S/c15-9-4-3-5-10(16)12(9)11-8-19-13(18-11)14(17)6-1-2-7-14/h3-5,8H,1-2,6-7,17H2. The third kappa shape index (κ3) is 2.17. The summed E-state index contributed by atoms with van der Waals surface area (Å²) in [5.41, 5.74) is 6.17. The predicted octanol–water partition coefficient (Wildman–Crippen LogP) is 3.82. The van der Waals surface area contributed by atoms with Crippen LogP contribution in [0.5, 0.6) is 0 Å². The first-order valence-electron chi connectivity index (χ1n) is 6.29. The lowest BCUT2D eigenvalue weighted by Crippen LogP contribution is -2.32. The summed E-state index contributed by atoms with van der Waals surface area (Å²) < 4.78 is 27.4. The van der Waals surface area contributed by atoms with E-state index in [9.17, 15) is 8.78 Å². The van der Waals surface area contributed by atoms with Crippen LogP contribution in [0.15, 0.2) is 23.6 Å². The predicted molar refractivity (Wildman–Crippen MR) is 71.8 cm³/mol. The molecular formula is C14H14F2N2S. The Bertz CT molecular complexity index is 583. The summed E-state index contributed by atoms with van der Waals surface area (Å²) in [6.45, 7) is 0. The molecule has 0 spiro atoms. The molecule has 0 aliphatic heterocycles. The van der Waals surface area contributed by atoms with Gasteiger partial charge >= 0.3 is 0 Å². The summed E-state index contributed by atoms with van der Waals surface area (Å²) in [6.07, 6.45) is 3.94. The van der Waals surface area contributed by atoms with E-state index in [1.54, 1.807) is 5.38 Å². The lowest BCUT2D eigenvalue weighted by molar-refractivity contribution is 0.459. The molecule has 0 radical (unpaired) electrons. The molecule has 2 nitrogen and oxygen atoms in total. The van der Waals surface area contributed by atoms with Crippen molar-refractivity contribution < 1.29 is 8.78 Å². The van der Waals surface area contributed by atoms with E-state index in [4.69, 9.17) is 5.73 Å². The van der Waals surface area contributed by atoms with E-state index in [1.165, 1.54) is 29.5 Å². The van der Waals surface area contributed by atoms with Gasteiger partial charge in [-0.2, -0.15) is 0 Å². The Morgan fingerprint density at radius 3 is 2.42 bits per heavy atom. The summed E-state index contributed by atoms with van der Waals surface area (Å²) in [7, 11) is 0. The van der Waals surface area contributed by atoms with Crippen molar-refractivity contribution in [3.8, 4) is 11.3 Å². The van der Waals surface area contributed by atoms with Gasteiger partial charge in [0.15, 0.2) is 0 Å². The molecule has 100 valence electrons. The van der Waals surface area contributed by atoms with Crippen molar-refractivity contribution in [2.75, 3.05) is 0 Å². The molecular weight excluding hydrogens is 266 g/mol. The highest BCUT2D eigenvalue weighted by atomic mass is 32.1. The summed E-state index contributed by atoms with van der Waals surface area (Å²) in [6, 6.07) is 3.83. The second kappa shape index (κ2) is 4.65. The minimum atomic E-state index is -0.589. The molecule has 19 heavy (non-hydrogen) atoms. The molecule has 1 saturated carbocycles. The van der Waals surface area contributed by atoms with E-state index in [-0.39, 0.29) is 5.56 Å². The first kappa shape index (κ1) is 12.7. The van der Waals surface area contributed by atoms with Crippen molar-refractivity contribution in [3.63, 3.8) is 0 Å². The van der Waals surface area contributed by atoms with Crippen molar-refractivity contribution >= 4 is 11.3 Å². The number of benzene rings is 1. The Hall–Kier alpha value is -1.33. The van der Waals surface area contributed by atoms with Crippen LogP contribution in [0.25, 0.3) is 11.3 Å². The first-order chi connectivity index (χ1) is 9.10. The first-order valence-corrected chi connectivity index (χ1v) is 7.17. The zero-order valence-corrected chi connectivity index (χ0v) is 11.1. The zero-order chi connectivity index (χ0) is 13.5. The van der Waals surface area contributed by atoms with Gasteiger partial charge in [0, 0.05) is 5.38 Å². The van der Waals surface area contributed by atoms with Crippen molar-refractivity contribution in [1.29, 1.82) is 0 Å². The van der Waals surface area contributed by atoms with Crippen LogP contribution in [0.3, 0.4) is 0 Å². The number of thiazole rings is 1. The fourth-order valence-corrected chi connectivity index (χ4v) is 3.56. The van der Waals surface area contributed by atoms with E-state index >= 15 is 0 Å². The van der Waals surface area contributed by atoms with E-state index in [0.29, 0.717) is 5.69 Å². The molecule has 5 heteroatoms. The van der Waals surface area contributed by atoms with Gasteiger partial charge in [0.1, 0.15) is 16.6 Å². The number of rotatable bonds is 2. The fraction of sp³-hybridized carbons (Fsp3) is 0.357. The molecule has 0 amide bonds. The number of halogens is 2. The third-order valence-electron chi connectivity index (χ3n) is 3.64. The molecule has 1 heterocycles. The number of aromatic nitrogens is 1.